The van der Waals surface area contributed by atoms with Crippen LogP contribution in [0.3, 0.4) is 0 Å². The van der Waals surface area contributed by atoms with Crippen LogP contribution in [-0.4, -0.2) is 53.5 Å². The number of amides is 2. The van der Waals surface area contributed by atoms with E-state index < -0.39 is 0 Å². The second kappa shape index (κ2) is 6.71. The lowest BCUT2D eigenvalue weighted by Crippen LogP contribution is -2.48. The van der Waals surface area contributed by atoms with Crippen molar-refractivity contribution in [2.45, 2.75) is 45.4 Å². The molecule has 124 valence electrons. The molecule has 0 bridgehead atoms. The summed E-state index contributed by atoms with van der Waals surface area (Å²) in [4.78, 5) is 28.0. The Bertz CT molecular complexity index is 574. The second-order valence-corrected chi connectivity index (χ2v) is 6.58. The molecule has 23 heavy (non-hydrogen) atoms. The maximum Gasteiger partial charge on any atom is 0.254 e. The first-order chi connectivity index (χ1) is 11.0. The van der Waals surface area contributed by atoms with Crippen molar-refractivity contribution < 1.29 is 14.3 Å². The van der Waals surface area contributed by atoms with Crippen molar-refractivity contribution in [3.05, 3.63) is 35.4 Å². The summed E-state index contributed by atoms with van der Waals surface area (Å²) < 4.78 is 5.67. The number of hydrogen-bond donors (Lipinski definition) is 0. The largest absolute Gasteiger partial charge is 0.372 e. The first-order valence-electron chi connectivity index (χ1n) is 8.34. The van der Waals surface area contributed by atoms with Gasteiger partial charge in [0.25, 0.3) is 5.91 Å². The van der Waals surface area contributed by atoms with Gasteiger partial charge in [-0.05, 0) is 38.0 Å². The third kappa shape index (κ3) is 3.72. The summed E-state index contributed by atoms with van der Waals surface area (Å²) in [5, 5.41) is 0. The number of carbonyl (C=O) groups is 2. The number of benzene rings is 1. The van der Waals surface area contributed by atoms with Crippen molar-refractivity contribution in [3.8, 4) is 0 Å². The van der Waals surface area contributed by atoms with Gasteiger partial charge in [0.2, 0.25) is 5.91 Å². The van der Waals surface area contributed by atoms with E-state index in [0.717, 1.165) is 18.5 Å². The quantitative estimate of drug-likeness (QED) is 0.857. The lowest BCUT2D eigenvalue weighted by molar-refractivity contribution is -0.128. The summed E-state index contributed by atoms with van der Waals surface area (Å²) in [6.07, 6.45) is 1.75. The van der Waals surface area contributed by atoms with Gasteiger partial charge in [-0.15, -0.1) is 0 Å². The first-order valence-corrected chi connectivity index (χ1v) is 8.34. The predicted octanol–water partition coefficient (Wildman–Crippen LogP) is 2.06. The van der Waals surface area contributed by atoms with Crippen LogP contribution in [0.2, 0.25) is 0 Å². The lowest BCUT2D eigenvalue weighted by Gasteiger charge is -2.35. The Hall–Kier alpha value is -1.88. The molecular formula is C18H24N2O3. The molecule has 2 atom stereocenters. The summed E-state index contributed by atoms with van der Waals surface area (Å²) in [6, 6.07) is 7.63. The van der Waals surface area contributed by atoms with Gasteiger partial charge >= 0.3 is 0 Å². The van der Waals surface area contributed by atoms with Gasteiger partial charge in [-0.3, -0.25) is 9.59 Å². The van der Waals surface area contributed by atoms with Crippen molar-refractivity contribution >= 4 is 11.8 Å². The monoisotopic (exact) mass is 316 g/mol. The molecule has 0 spiro atoms. The highest BCUT2D eigenvalue weighted by Crippen LogP contribution is 2.17. The summed E-state index contributed by atoms with van der Waals surface area (Å²) >= 11 is 0. The highest BCUT2D eigenvalue weighted by Gasteiger charge is 2.26. The van der Waals surface area contributed by atoms with E-state index in [9.17, 15) is 9.59 Å². The molecule has 2 aliphatic heterocycles. The van der Waals surface area contributed by atoms with Crippen LogP contribution >= 0.6 is 0 Å². The van der Waals surface area contributed by atoms with E-state index in [1.54, 1.807) is 0 Å². The molecule has 1 aromatic rings. The fourth-order valence-electron chi connectivity index (χ4n) is 3.37. The molecule has 5 nitrogen and oxygen atoms in total. The SMILES string of the molecule is C[C@@H]1CN(C(=O)c2ccc(CN3CCCC3=O)cc2)C[C@H](C)O1. The Labute approximate surface area is 137 Å². The minimum Gasteiger partial charge on any atom is -0.372 e. The molecule has 1 aromatic carbocycles. The van der Waals surface area contributed by atoms with E-state index in [1.807, 2.05) is 47.9 Å². The van der Waals surface area contributed by atoms with Gasteiger partial charge in [0.1, 0.15) is 0 Å². The number of hydrogen-bond acceptors (Lipinski definition) is 3. The summed E-state index contributed by atoms with van der Waals surface area (Å²) in [6.45, 7) is 6.72. The molecule has 5 heteroatoms. The van der Waals surface area contributed by atoms with Crippen molar-refractivity contribution in [1.29, 1.82) is 0 Å². The molecule has 2 aliphatic rings. The molecular weight excluding hydrogens is 292 g/mol. The second-order valence-electron chi connectivity index (χ2n) is 6.58. The molecule has 0 saturated carbocycles. The number of ether oxygens (including phenoxy) is 1. The van der Waals surface area contributed by atoms with Crippen molar-refractivity contribution in [2.75, 3.05) is 19.6 Å². The highest BCUT2D eigenvalue weighted by atomic mass is 16.5. The van der Waals surface area contributed by atoms with Gasteiger partial charge in [0.05, 0.1) is 12.2 Å². The minimum absolute atomic E-state index is 0.0517. The van der Waals surface area contributed by atoms with E-state index in [1.165, 1.54) is 0 Å². The summed E-state index contributed by atoms with van der Waals surface area (Å²) in [5.41, 5.74) is 1.77. The molecule has 0 aromatic heterocycles. The van der Waals surface area contributed by atoms with Crippen LogP contribution in [-0.2, 0) is 16.1 Å². The predicted molar refractivity (Wildman–Crippen MR) is 87.0 cm³/mol. The van der Waals surface area contributed by atoms with Crippen LogP contribution in [0.1, 0.15) is 42.6 Å². The van der Waals surface area contributed by atoms with Crippen LogP contribution in [0.15, 0.2) is 24.3 Å². The van der Waals surface area contributed by atoms with Crippen LogP contribution in [0.25, 0.3) is 0 Å². The third-order valence-corrected chi connectivity index (χ3v) is 4.45. The van der Waals surface area contributed by atoms with Crippen LogP contribution in [0, 0.1) is 0 Å². The van der Waals surface area contributed by atoms with E-state index >= 15 is 0 Å². The van der Waals surface area contributed by atoms with Crippen LogP contribution in [0.5, 0.6) is 0 Å². The maximum absolute atomic E-state index is 12.6. The molecule has 2 fully saturated rings. The van der Waals surface area contributed by atoms with Crippen molar-refractivity contribution in [2.24, 2.45) is 0 Å². The topological polar surface area (TPSA) is 49.9 Å². The molecule has 2 heterocycles. The van der Waals surface area contributed by atoms with Crippen LogP contribution in [0.4, 0.5) is 0 Å². The lowest BCUT2D eigenvalue weighted by atomic mass is 10.1. The number of carbonyl (C=O) groups excluding carboxylic acids is 2. The van der Waals surface area contributed by atoms with E-state index in [2.05, 4.69) is 0 Å². The molecule has 2 saturated heterocycles. The van der Waals surface area contributed by atoms with E-state index in [-0.39, 0.29) is 24.0 Å². The highest BCUT2D eigenvalue weighted by molar-refractivity contribution is 5.94. The summed E-state index contributed by atoms with van der Waals surface area (Å²) in [5.74, 6) is 0.275. The smallest absolute Gasteiger partial charge is 0.254 e. The van der Waals surface area contributed by atoms with Crippen LogP contribution < -0.4 is 0 Å². The zero-order chi connectivity index (χ0) is 16.4. The molecule has 3 rings (SSSR count). The normalized spacial score (nSPS) is 25.0. The Kier molecular flexibility index (Phi) is 4.66. The van der Waals surface area contributed by atoms with Gasteiger partial charge < -0.3 is 14.5 Å². The fraction of sp³-hybridized carbons (Fsp3) is 0.556. The van der Waals surface area contributed by atoms with Gasteiger partial charge in [0.15, 0.2) is 0 Å². The van der Waals surface area contributed by atoms with Gasteiger partial charge in [0, 0.05) is 38.2 Å². The van der Waals surface area contributed by atoms with E-state index in [4.69, 9.17) is 4.74 Å². The average Bonchev–Trinajstić information content (AvgIpc) is 2.91. The number of likely N-dealkylation sites (tertiary alicyclic amines) is 1. The molecule has 0 unspecified atom stereocenters. The Balaban J connectivity index is 1.64. The molecule has 0 aliphatic carbocycles. The number of morpholine rings is 1. The maximum atomic E-state index is 12.6. The van der Waals surface area contributed by atoms with Gasteiger partial charge in [-0.2, -0.15) is 0 Å². The fourth-order valence-corrected chi connectivity index (χ4v) is 3.37. The standard InChI is InChI=1S/C18H24N2O3/c1-13-10-20(11-14(2)23-13)18(22)16-7-5-15(6-8-16)12-19-9-3-4-17(19)21/h5-8,13-14H,3-4,9-12H2,1-2H3/t13-,14+. The van der Waals surface area contributed by atoms with Gasteiger partial charge in [-0.25, -0.2) is 0 Å². The Morgan fingerprint density at radius 2 is 1.83 bits per heavy atom. The number of nitrogens with zero attached hydrogens (tertiary/aromatic N) is 2. The van der Waals surface area contributed by atoms with E-state index in [0.29, 0.717) is 31.6 Å². The Morgan fingerprint density at radius 3 is 2.39 bits per heavy atom. The molecule has 2 amide bonds. The molecule has 0 N–H and O–H groups in total. The third-order valence-electron chi connectivity index (χ3n) is 4.45. The van der Waals surface area contributed by atoms with Crippen molar-refractivity contribution in [1.82, 2.24) is 9.80 Å². The zero-order valence-corrected chi connectivity index (χ0v) is 13.8. The Morgan fingerprint density at radius 1 is 1.17 bits per heavy atom. The minimum atomic E-state index is 0.0517. The van der Waals surface area contributed by atoms with Gasteiger partial charge in [-0.1, -0.05) is 12.1 Å². The number of rotatable bonds is 3. The average molecular weight is 316 g/mol. The van der Waals surface area contributed by atoms with Crippen molar-refractivity contribution in [3.63, 3.8) is 0 Å². The molecule has 0 radical (unpaired) electrons. The summed E-state index contributed by atoms with van der Waals surface area (Å²) in [7, 11) is 0. The zero-order valence-electron chi connectivity index (χ0n) is 13.8. The first kappa shape index (κ1) is 16.0.